The molecule has 4 N–H and O–H groups in total. The molecule has 2 aliphatic carbocycles. The van der Waals surface area contributed by atoms with E-state index in [1.165, 1.54) is 6.08 Å². The molecule has 3 fully saturated rings. The summed E-state index contributed by atoms with van der Waals surface area (Å²) in [6.07, 6.45) is 16.9. The van der Waals surface area contributed by atoms with E-state index in [0.29, 0.717) is 19.6 Å². The van der Waals surface area contributed by atoms with Gasteiger partial charge >= 0.3 is 6.03 Å². The summed E-state index contributed by atoms with van der Waals surface area (Å²) < 4.78 is 6.20. The monoisotopic (exact) mass is 697 g/mol. The first-order valence-corrected chi connectivity index (χ1v) is 18.8. The lowest BCUT2D eigenvalue weighted by Gasteiger charge is -2.44. The highest BCUT2D eigenvalue weighted by Gasteiger charge is 2.50. The highest BCUT2D eigenvalue weighted by atomic mass is 16.5. The molecule has 5 amide bonds. The van der Waals surface area contributed by atoms with Crippen molar-refractivity contribution in [1.82, 2.24) is 26.2 Å². The largest absolute Gasteiger partial charge is 0.373 e. The lowest BCUT2D eigenvalue weighted by molar-refractivity contribution is -0.145. The Balaban J connectivity index is 1.91. The summed E-state index contributed by atoms with van der Waals surface area (Å²) in [7, 11) is 0. The van der Waals surface area contributed by atoms with Crippen LogP contribution in [0, 0.1) is 29.6 Å². The van der Waals surface area contributed by atoms with Gasteiger partial charge in [0.15, 0.2) is 0 Å². The summed E-state index contributed by atoms with van der Waals surface area (Å²) in [5.41, 5.74) is -1.41. The minimum absolute atomic E-state index is 0.0493. The molecule has 0 spiro atoms. The lowest BCUT2D eigenvalue weighted by atomic mass is 9.70. The smallest absolute Gasteiger partial charge is 0.315 e. The van der Waals surface area contributed by atoms with Crippen LogP contribution < -0.4 is 21.3 Å². The van der Waals surface area contributed by atoms with Crippen molar-refractivity contribution in [2.24, 2.45) is 17.3 Å². The first-order valence-electron chi connectivity index (χ1n) is 18.8. The second kappa shape index (κ2) is 18.2. The van der Waals surface area contributed by atoms with Crippen LogP contribution in [0.1, 0.15) is 125 Å². The number of rotatable bonds is 15. The Morgan fingerprint density at radius 2 is 1.62 bits per heavy atom. The van der Waals surface area contributed by atoms with Gasteiger partial charge in [-0.2, -0.15) is 0 Å². The van der Waals surface area contributed by atoms with Crippen LogP contribution in [0.2, 0.25) is 0 Å². The third-order valence-electron chi connectivity index (χ3n) is 10.9. The maximum Gasteiger partial charge on any atom is 0.315 e. The first kappa shape index (κ1) is 41.0. The van der Waals surface area contributed by atoms with Crippen molar-refractivity contribution < 1.29 is 28.7 Å². The zero-order valence-corrected chi connectivity index (χ0v) is 31.5. The van der Waals surface area contributed by atoms with Crippen molar-refractivity contribution in [3.63, 3.8) is 0 Å². The predicted octanol–water partition coefficient (Wildman–Crippen LogP) is 4.79. The average Bonchev–Trinajstić information content (AvgIpc) is 3.53. The normalized spacial score (nSPS) is 22.8. The van der Waals surface area contributed by atoms with E-state index in [1.54, 1.807) is 4.90 Å². The van der Waals surface area contributed by atoms with Crippen LogP contribution in [0.15, 0.2) is 12.7 Å². The number of nitrogens with zero attached hydrogens (tertiary/aromatic N) is 1. The number of nitrogens with one attached hydrogen (secondary N) is 4. The number of Topliss-reactive ketones (excluding diaryl/α,β-unsaturated/α-hetero) is 1. The number of ketones is 1. The van der Waals surface area contributed by atoms with E-state index in [2.05, 4.69) is 40.7 Å². The summed E-state index contributed by atoms with van der Waals surface area (Å²) in [4.78, 5) is 70.3. The van der Waals surface area contributed by atoms with Crippen LogP contribution in [0.25, 0.3) is 0 Å². The van der Waals surface area contributed by atoms with Gasteiger partial charge in [0.1, 0.15) is 12.1 Å². The fourth-order valence-electron chi connectivity index (χ4n) is 7.91. The van der Waals surface area contributed by atoms with Crippen LogP contribution >= 0.6 is 0 Å². The number of amides is 5. The molecule has 2 unspecified atom stereocenters. The number of likely N-dealkylation sites (tertiary alicyclic amines) is 1. The van der Waals surface area contributed by atoms with E-state index >= 15 is 0 Å². The van der Waals surface area contributed by atoms with Crippen molar-refractivity contribution in [2.45, 2.75) is 154 Å². The Hall–Kier alpha value is -3.39. The third kappa shape index (κ3) is 11.1. The molecule has 1 aliphatic heterocycles. The number of ether oxygens (including phenoxy) is 1. The maximum absolute atomic E-state index is 14.8. The SMILES string of the molecule is C#CCCC(NC(=O)C1[C@@H](C(C)C)CCN1C(=O)[C@@H](NC(=O)NC1(COC(C)(C)C)CCCCC1)C1(C)CCCCC1)C(=O)C(=O)NCC=C. The molecule has 11 heteroatoms. The number of carbonyl (C=O) groups excluding carboxylic acids is 5. The Kier molecular flexibility index (Phi) is 14.9. The molecule has 50 heavy (non-hydrogen) atoms. The number of terminal acetylenes is 1. The molecule has 3 aliphatic rings. The average molecular weight is 698 g/mol. The summed E-state index contributed by atoms with van der Waals surface area (Å²) in [6, 6.07) is -3.30. The lowest BCUT2D eigenvalue weighted by Crippen LogP contribution is -2.64. The highest BCUT2D eigenvalue weighted by molar-refractivity contribution is 6.38. The molecule has 0 aromatic rings. The fourth-order valence-corrected chi connectivity index (χ4v) is 7.91. The van der Waals surface area contributed by atoms with Gasteiger partial charge in [-0.3, -0.25) is 19.2 Å². The second-order valence-electron chi connectivity index (χ2n) is 16.3. The van der Waals surface area contributed by atoms with Gasteiger partial charge in [-0.15, -0.1) is 18.9 Å². The van der Waals surface area contributed by atoms with Crippen molar-refractivity contribution in [1.29, 1.82) is 0 Å². The Labute approximate surface area is 300 Å². The van der Waals surface area contributed by atoms with Gasteiger partial charge < -0.3 is 30.9 Å². The maximum atomic E-state index is 14.8. The van der Waals surface area contributed by atoms with Gasteiger partial charge in [-0.1, -0.05) is 65.4 Å². The second-order valence-corrected chi connectivity index (χ2v) is 16.3. The van der Waals surface area contributed by atoms with Crippen LogP contribution in [0.5, 0.6) is 0 Å². The number of hydrogen-bond donors (Lipinski definition) is 4. The van der Waals surface area contributed by atoms with Crippen molar-refractivity contribution in [3.8, 4) is 12.3 Å². The molecule has 11 nitrogen and oxygen atoms in total. The molecular weight excluding hydrogens is 634 g/mol. The summed E-state index contributed by atoms with van der Waals surface area (Å²) >= 11 is 0. The molecule has 0 radical (unpaired) electrons. The Morgan fingerprint density at radius 3 is 2.18 bits per heavy atom. The molecule has 1 heterocycles. The van der Waals surface area contributed by atoms with Crippen LogP contribution in [-0.2, 0) is 23.9 Å². The first-order chi connectivity index (χ1) is 23.6. The predicted molar refractivity (Wildman–Crippen MR) is 195 cm³/mol. The van der Waals surface area contributed by atoms with Gasteiger partial charge in [-0.05, 0) is 76.5 Å². The number of urea groups is 1. The molecule has 0 aromatic carbocycles. The van der Waals surface area contributed by atoms with E-state index in [1.807, 2.05) is 34.6 Å². The van der Waals surface area contributed by atoms with E-state index in [-0.39, 0.29) is 42.7 Å². The van der Waals surface area contributed by atoms with Crippen molar-refractivity contribution in [3.05, 3.63) is 12.7 Å². The number of hydrogen-bond acceptors (Lipinski definition) is 6. The quantitative estimate of drug-likeness (QED) is 0.110. The fraction of sp³-hybridized carbons (Fsp3) is 0.769. The van der Waals surface area contributed by atoms with Crippen molar-refractivity contribution >= 4 is 29.5 Å². The van der Waals surface area contributed by atoms with Gasteiger partial charge in [0.25, 0.3) is 5.91 Å². The van der Waals surface area contributed by atoms with Crippen LogP contribution in [0.4, 0.5) is 4.79 Å². The zero-order chi connectivity index (χ0) is 37.1. The minimum atomic E-state index is -1.15. The third-order valence-corrected chi connectivity index (χ3v) is 10.9. The zero-order valence-electron chi connectivity index (χ0n) is 31.5. The molecule has 0 aromatic heterocycles. The van der Waals surface area contributed by atoms with E-state index in [4.69, 9.17) is 11.2 Å². The number of carbonyl (C=O) groups is 5. The van der Waals surface area contributed by atoms with Gasteiger partial charge in [-0.25, -0.2) is 4.79 Å². The van der Waals surface area contributed by atoms with E-state index in [9.17, 15) is 24.0 Å². The summed E-state index contributed by atoms with van der Waals surface area (Å²) in [6.45, 7) is 16.5. The molecule has 3 rings (SSSR count). The topological polar surface area (TPSA) is 146 Å². The molecule has 4 atom stereocenters. The van der Waals surface area contributed by atoms with Gasteiger partial charge in [0.2, 0.25) is 17.6 Å². The molecule has 0 bridgehead atoms. The Bertz CT molecular complexity index is 1250. The van der Waals surface area contributed by atoms with Crippen LogP contribution in [0.3, 0.4) is 0 Å². The van der Waals surface area contributed by atoms with E-state index in [0.717, 1.165) is 64.2 Å². The molecule has 1 saturated heterocycles. The summed E-state index contributed by atoms with van der Waals surface area (Å²) in [5.74, 6) is -0.0952. The van der Waals surface area contributed by atoms with Gasteiger partial charge in [0.05, 0.1) is 23.8 Å². The molecule has 280 valence electrons. The summed E-state index contributed by atoms with van der Waals surface area (Å²) in [5, 5.41) is 11.7. The minimum Gasteiger partial charge on any atom is -0.373 e. The van der Waals surface area contributed by atoms with E-state index < -0.39 is 52.7 Å². The standard InChI is InChI=1S/C39H63N5O6/c1-9-11-18-29(31(45)34(47)40-24-10-2)41-33(46)30-28(27(3)4)19-25-44(30)35(48)32(38(8)20-14-12-15-21-38)42-36(49)43-39(22-16-13-17-23-39)26-50-37(5,6)7/h1,10,27-30,32H,2,11-26H2,3-8H3,(H,40,47)(H,41,46)(H2,42,43,49)/t28-,29?,30?,32-/m1/s1. The molecular formula is C39H63N5O6. The molecule has 2 saturated carbocycles. The van der Waals surface area contributed by atoms with Crippen LogP contribution in [-0.4, -0.2) is 83.4 Å². The van der Waals surface area contributed by atoms with Crippen molar-refractivity contribution in [2.75, 3.05) is 19.7 Å². The Morgan fingerprint density at radius 1 is 1.00 bits per heavy atom. The van der Waals surface area contributed by atoms with Gasteiger partial charge in [0, 0.05) is 19.5 Å². The highest BCUT2D eigenvalue weighted by Crippen LogP contribution is 2.41.